The van der Waals surface area contributed by atoms with Crippen molar-refractivity contribution in [3.05, 3.63) is 69.3 Å². The molecule has 2 heterocycles. The second-order valence-corrected chi connectivity index (χ2v) is 6.34. The largest absolute Gasteiger partial charge is 0.380 e. The number of rotatable bonds is 5. The number of nitrogens with zero attached hydrogens (tertiary/aromatic N) is 2. The van der Waals surface area contributed by atoms with Crippen LogP contribution in [0, 0.1) is 0 Å². The van der Waals surface area contributed by atoms with Gasteiger partial charge in [0.05, 0.1) is 12.9 Å². The Morgan fingerprint density at radius 2 is 2.25 bits per heavy atom. The molecule has 0 saturated carbocycles. The molecule has 1 aromatic carbocycles. The predicted octanol–water partition coefficient (Wildman–Crippen LogP) is 4.37. The molecule has 0 radical (unpaired) electrons. The van der Waals surface area contributed by atoms with Gasteiger partial charge >= 0.3 is 0 Å². The van der Waals surface area contributed by atoms with Crippen molar-refractivity contribution in [3.63, 3.8) is 0 Å². The van der Waals surface area contributed by atoms with E-state index in [0.717, 1.165) is 18.8 Å². The van der Waals surface area contributed by atoms with Crippen molar-refractivity contribution in [3.8, 4) is 0 Å². The standard InChI is InChI=1S/C15H14BrN3S/c16-14-4-7-20-15(14)9-18-13-3-1-2-12(8-13)10-19-6-5-17-11-19/h1-8,11,18H,9-10H2. The molecule has 20 heavy (non-hydrogen) atoms. The average molecular weight is 348 g/mol. The summed E-state index contributed by atoms with van der Waals surface area (Å²) in [6.07, 6.45) is 5.61. The summed E-state index contributed by atoms with van der Waals surface area (Å²) < 4.78 is 3.24. The van der Waals surface area contributed by atoms with E-state index >= 15 is 0 Å². The summed E-state index contributed by atoms with van der Waals surface area (Å²) in [4.78, 5) is 5.37. The summed E-state index contributed by atoms with van der Waals surface area (Å²) in [5.74, 6) is 0. The zero-order valence-electron chi connectivity index (χ0n) is 10.8. The van der Waals surface area contributed by atoms with E-state index in [1.165, 1.54) is 14.9 Å². The molecule has 0 atom stereocenters. The third-order valence-electron chi connectivity index (χ3n) is 3.00. The maximum absolute atomic E-state index is 4.06. The molecule has 0 fully saturated rings. The predicted molar refractivity (Wildman–Crippen MR) is 87.1 cm³/mol. The van der Waals surface area contributed by atoms with Crippen molar-refractivity contribution < 1.29 is 0 Å². The monoisotopic (exact) mass is 347 g/mol. The number of thiophene rings is 1. The number of benzene rings is 1. The third-order valence-corrected chi connectivity index (χ3v) is 4.92. The van der Waals surface area contributed by atoms with Gasteiger partial charge in [-0.2, -0.15) is 0 Å². The first-order valence-electron chi connectivity index (χ1n) is 6.32. The molecule has 0 spiro atoms. The first-order valence-corrected chi connectivity index (χ1v) is 7.99. The maximum atomic E-state index is 4.06. The zero-order valence-corrected chi connectivity index (χ0v) is 13.2. The Hall–Kier alpha value is -1.59. The highest BCUT2D eigenvalue weighted by molar-refractivity contribution is 9.10. The molecule has 0 unspecified atom stereocenters. The Labute approximate surface area is 130 Å². The summed E-state index contributed by atoms with van der Waals surface area (Å²) in [7, 11) is 0. The molecule has 0 bridgehead atoms. The van der Waals surface area contributed by atoms with Gasteiger partial charge in [-0.05, 0) is 45.1 Å². The van der Waals surface area contributed by atoms with Gasteiger partial charge in [-0.3, -0.25) is 0 Å². The Bertz CT molecular complexity index is 676. The van der Waals surface area contributed by atoms with E-state index in [0.29, 0.717) is 0 Å². The van der Waals surface area contributed by atoms with Crippen molar-refractivity contribution in [1.29, 1.82) is 0 Å². The van der Waals surface area contributed by atoms with Crippen LogP contribution in [-0.4, -0.2) is 9.55 Å². The van der Waals surface area contributed by atoms with Crippen molar-refractivity contribution >= 4 is 33.0 Å². The highest BCUT2D eigenvalue weighted by Crippen LogP contribution is 2.23. The minimum absolute atomic E-state index is 0.840. The van der Waals surface area contributed by atoms with Crippen LogP contribution in [0.4, 0.5) is 5.69 Å². The lowest BCUT2D eigenvalue weighted by molar-refractivity contribution is 0.797. The van der Waals surface area contributed by atoms with Crippen LogP contribution in [0.3, 0.4) is 0 Å². The molecule has 3 aromatic rings. The highest BCUT2D eigenvalue weighted by Gasteiger charge is 2.02. The Kier molecular flexibility index (Phi) is 4.18. The van der Waals surface area contributed by atoms with Crippen LogP contribution in [0.5, 0.6) is 0 Å². The summed E-state index contributed by atoms with van der Waals surface area (Å²) in [6.45, 7) is 1.69. The lowest BCUT2D eigenvalue weighted by Gasteiger charge is -2.08. The van der Waals surface area contributed by atoms with E-state index in [4.69, 9.17) is 0 Å². The molecule has 0 aliphatic rings. The molecule has 0 amide bonds. The lowest BCUT2D eigenvalue weighted by atomic mass is 10.2. The topological polar surface area (TPSA) is 29.9 Å². The van der Waals surface area contributed by atoms with Crippen molar-refractivity contribution in [1.82, 2.24) is 9.55 Å². The number of nitrogens with one attached hydrogen (secondary N) is 1. The number of hydrogen-bond donors (Lipinski definition) is 1. The first-order chi connectivity index (χ1) is 9.81. The molecule has 3 rings (SSSR count). The van der Waals surface area contributed by atoms with Crippen LogP contribution < -0.4 is 5.32 Å². The van der Waals surface area contributed by atoms with Gasteiger partial charge in [0.1, 0.15) is 0 Å². The molecule has 0 aliphatic carbocycles. The quantitative estimate of drug-likeness (QED) is 0.742. The number of halogens is 1. The van der Waals surface area contributed by atoms with E-state index in [9.17, 15) is 0 Å². The second kappa shape index (κ2) is 6.24. The minimum Gasteiger partial charge on any atom is -0.380 e. The Balaban J connectivity index is 1.67. The summed E-state index contributed by atoms with van der Waals surface area (Å²) >= 11 is 5.31. The molecule has 5 heteroatoms. The van der Waals surface area contributed by atoms with Gasteiger partial charge in [0.15, 0.2) is 0 Å². The van der Waals surface area contributed by atoms with Gasteiger partial charge in [0.2, 0.25) is 0 Å². The minimum atomic E-state index is 0.840. The van der Waals surface area contributed by atoms with E-state index < -0.39 is 0 Å². The van der Waals surface area contributed by atoms with Gasteiger partial charge in [-0.15, -0.1) is 11.3 Å². The molecule has 0 aliphatic heterocycles. The fourth-order valence-electron chi connectivity index (χ4n) is 2.00. The zero-order chi connectivity index (χ0) is 13.8. The molecule has 3 nitrogen and oxygen atoms in total. The van der Waals surface area contributed by atoms with Gasteiger partial charge in [-0.25, -0.2) is 4.98 Å². The van der Waals surface area contributed by atoms with Crippen molar-refractivity contribution in [2.45, 2.75) is 13.1 Å². The summed E-state index contributed by atoms with van der Waals surface area (Å²) in [6, 6.07) is 10.6. The van der Waals surface area contributed by atoms with Gasteiger partial charge in [-0.1, -0.05) is 12.1 Å². The smallest absolute Gasteiger partial charge is 0.0949 e. The highest BCUT2D eigenvalue weighted by atomic mass is 79.9. The van der Waals surface area contributed by atoms with Crippen LogP contribution in [0.15, 0.2) is 58.9 Å². The van der Waals surface area contributed by atoms with Crippen LogP contribution in [0.25, 0.3) is 0 Å². The number of imidazole rings is 1. The molecular formula is C15H14BrN3S. The number of hydrogen-bond acceptors (Lipinski definition) is 3. The van der Waals surface area contributed by atoms with Gasteiger partial charge < -0.3 is 9.88 Å². The molecule has 0 saturated heterocycles. The van der Waals surface area contributed by atoms with Crippen LogP contribution in [-0.2, 0) is 13.1 Å². The van der Waals surface area contributed by atoms with E-state index in [2.05, 4.69) is 66.5 Å². The van der Waals surface area contributed by atoms with Gasteiger partial charge in [0, 0.05) is 34.0 Å². The van der Waals surface area contributed by atoms with E-state index in [1.807, 2.05) is 12.5 Å². The fourth-order valence-corrected chi connectivity index (χ4v) is 3.44. The van der Waals surface area contributed by atoms with Crippen molar-refractivity contribution in [2.24, 2.45) is 0 Å². The third kappa shape index (κ3) is 3.29. The van der Waals surface area contributed by atoms with Crippen LogP contribution in [0.1, 0.15) is 10.4 Å². The SMILES string of the molecule is Brc1ccsc1CNc1cccc(Cn2ccnc2)c1. The second-order valence-electron chi connectivity index (χ2n) is 4.48. The normalized spacial score (nSPS) is 10.7. The van der Waals surface area contributed by atoms with Crippen LogP contribution in [0.2, 0.25) is 0 Å². The van der Waals surface area contributed by atoms with Gasteiger partial charge in [0.25, 0.3) is 0 Å². The average Bonchev–Trinajstić information content (AvgIpc) is 3.09. The van der Waals surface area contributed by atoms with E-state index in [1.54, 1.807) is 17.5 Å². The molecular weight excluding hydrogens is 334 g/mol. The van der Waals surface area contributed by atoms with Crippen molar-refractivity contribution in [2.75, 3.05) is 5.32 Å². The Morgan fingerprint density at radius 3 is 3.00 bits per heavy atom. The number of aromatic nitrogens is 2. The maximum Gasteiger partial charge on any atom is 0.0949 e. The fraction of sp³-hybridized carbons (Fsp3) is 0.133. The summed E-state index contributed by atoms with van der Waals surface area (Å²) in [5, 5.41) is 5.56. The molecule has 102 valence electrons. The Morgan fingerprint density at radius 1 is 1.30 bits per heavy atom. The van der Waals surface area contributed by atoms with E-state index in [-0.39, 0.29) is 0 Å². The molecule has 1 N–H and O–H groups in total. The summed E-state index contributed by atoms with van der Waals surface area (Å²) in [5.41, 5.74) is 2.40. The lowest BCUT2D eigenvalue weighted by Crippen LogP contribution is -2.00. The molecule has 2 aromatic heterocycles. The first kappa shape index (κ1) is 13.4. The number of anilines is 1. The van der Waals surface area contributed by atoms with Crippen LogP contribution >= 0.6 is 27.3 Å².